The van der Waals surface area contributed by atoms with E-state index < -0.39 is 0 Å². The van der Waals surface area contributed by atoms with Crippen molar-refractivity contribution in [1.82, 2.24) is 34.9 Å². The lowest BCUT2D eigenvalue weighted by atomic mass is 10.1. The first kappa shape index (κ1) is 13.0. The summed E-state index contributed by atoms with van der Waals surface area (Å²) in [6.45, 7) is 0. The summed E-state index contributed by atoms with van der Waals surface area (Å²) >= 11 is 0. The monoisotopic (exact) mass is 315 g/mol. The van der Waals surface area contributed by atoms with Crippen LogP contribution in [0.25, 0.3) is 44.6 Å². The van der Waals surface area contributed by atoms with Crippen LogP contribution in [-0.2, 0) is 7.05 Å². The van der Waals surface area contributed by atoms with Crippen molar-refractivity contribution in [3.05, 3.63) is 49.1 Å². The van der Waals surface area contributed by atoms with Crippen molar-refractivity contribution in [2.75, 3.05) is 0 Å². The van der Waals surface area contributed by atoms with Crippen LogP contribution < -0.4 is 0 Å². The molecular weight excluding hydrogens is 302 g/mol. The molecule has 0 aromatic carbocycles. The van der Waals surface area contributed by atoms with Gasteiger partial charge in [-0.3, -0.25) is 14.8 Å². The molecular formula is C17H13N7. The molecule has 116 valence electrons. The second-order valence-corrected chi connectivity index (χ2v) is 5.71. The fraction of sp³-hybridized carbons (Fsp3) is 0.0588. The quantitative estimate of drug-likeness (QED) is 0.524. The number of rotatable bonds is 2. The Labute approximate surface area is 136 Å². The summed E-state index contributed by atoms with van der Waals surface area (Å²) in [5, 5.41) is 13.8. The second-order valence-electron chi connectivity index (χ2n) is 5.71. The largest absolute Gasteiger partial charge is 0.338 e. The number of aryl methyl sites for hydroxylation is 1. The highest BCUT2D eigenvalue weighted by Gasteiger charge is 2.13. The number of aromatic amines is 2. The first-order valence-corrected chi connectivity index (χ1v) is 7.55. The Bertz CT molecular complexity index is 1150. The fourth-order valence-electron chi connectivity index (χ4n) is 2.92. The minimum atomic E-state index is 0.852. The Hall–Kier alpha value is -3.48. The molecule has 0 amide bonds. The van der Waals surface area contributed by atoms with Crippen molar-refractivity contribution in [2.45, 2.75) is 0 Å². The van der Waals surface area contributed by atoms with Gasteiger partial charge in [0.1, 0.15) is 11.3 Å². The third-order valence-corrected chi connectivity index (χ3v) is 4.09. The van der Waals surface area contributed by atoms with E-state index >= 15 is 0 Å². The van der Waals surface area contributed by atoms with Crippen molar-refractivity contribution in [3.8, 4) is 22.6 Å². The molecule has 0 radical (unpaired) electrons. The molecule has 0 saturated carbocycles. The maximum Gasteiger partial charge on any atom is 0.137 e. The van der Waals surface area contributed by atoms with Gasteiger partial charge in [-0.1, -0.05) is 0 Å². The van der Waals surface area contributed by atoms with Gasteiger partial charge in [0.05, 0.1) is 29.3 Å². The molecule has 5 aromatic rings. The zero-order valence-electron chi connectivity index (χ0n) is 12.9. The van der Waals surface area contributed by atoms with Gasteiger partial charge in [-0.15, -0.1) is 0 Å². The predicted octanol–water partition coefficient (Wildman–Crippen LogP) is 2.90. The van der Waals surface area contributed by atoms with E-state index in [-0.39, 0.29) is 0 Å². The van der Waals surface area contributed by atoms with Gasteiger partial charge in [0.15, 0.2) is 0 Å². The highest BCUT2D eigenvalue weighted by Crippen LogP contribution is 2.30. The van der Waals surface area contributed by atoms with E-state index in [9.17, 15) is 0 Å². The lowest BCUT2D eigenvalue weighted by molar-refractivity contribution is 0.768. The predicted molar refractivity (Wildman–Crippen MR) is 91.2 cm³/mol. The van der Waals surface area contributed by atoms with Crippen LogP contribution in [0.2, 0.25) is 0 Å². The summed E-state index contributed by atoms with van der Waals surface area (Å²) in [5.41, 5.74) is 5.38. The van der Waals surface area contributed by atoms with E-state index in [0.29, 0.717) is 0 Å². The van der Waals surface area contributed by atoms with Crippen molar-refractivity contribution in [3.63, 3.8) is 0 Å². The Morgan fingerprint density at radius 2 is 2.08 bits per heavy atom. The van der Waals surface area contributed by atoms with Gasteiger partial charge in [-0.05, 0) is 24.3 Å². The van der Waals surface area contributed by atoms with Gasteiger partial charge < -0.3 is 4.98 Å². The molecule has 7 heteroatoms. The van der Waals surface area contributed by atoms with E-state index in [4.69, 9.17) is 0 Å². The maximum atomic E-state index is 4.49. The Morgan fingerprint density at radius 1 is 1.12 bits per heavy atom. The minimum absolute atomic E-state index is 0.852. The van der Waals surface area contributed by atoms with E-state index in [0.717, 1.165) is 44.6 Å². The Kier molecular flexibility index (Phi) is 2.58. The molecule has 0 aliphatic heterocycles. The van der Waals surface area contributed by atoms with Crippen molar-refractivity contribution >= 4 is 21.9 Å². The standard InChI is InChI=1S/C17H13N7/c1-24-9-11(7-20-24)13-6-12-15(8-19-13)22-23-16(12)14-5-10-3-2-4-18-17(10)21-14/h2-9H,1H3,(H,18,21)(H,22,23). The highest BCUT2D eigenvalue weighted by atomic mass is 15.2. The van der Waals surface area contributed by atoms with Crippen molar-refractivity contribution < 1.29 is 0 Å². The van der Waals surface area contributed by atoms with Crippen molar-refractivity contribution in [2.24, 2.45) is 7.05 Å². The first-order chi connectivity index (χ1) is 11.8. The lowest BCUT2D eigenvalue weighted by Crippen LogP contribution is -1.85. The highest BCUT2D eigenvalue weighted by molar-refractivity contribution is 5.96. The molecule has 2 N–H and O–H groups in total. The van der Waals surface area contributed by atoms with Crippen LogP contribution in [0.5, 0.6) is 0 Å². The van der Waals surface area contributed by atoms with Crippen LogP contribution >= 0.6 is 0 Å². The van der Waals surface area contributed by atoms with E-state index in [2.05, 4.69) is 36.3 Å². The Morgan fingerprint density at radius 3 is 2.92 bits per heavy atom. The van der Waals surface area contributed by atoms with Crippen LogP contribution in [0.15, 0.2) is 49.1 Å². The van der Waals surface area contributed by atoms with Gasteiger partial charge in [-0.25, -0.2) is 4.98 Å². The average molecular weight is 315 g/mol. The molecule has 0 fully saturated rings. The summed E-state index contributed by atoms with van der Waals surface area (Å²) < 4.78 is 1.76. The number of hydrogen-bond acceptors (Lipinski definition) is 4. The Balaban J connectivity index is 1.70. The number of nitrogens with one attached hydrogen (secondary N) is 2. The average Bonchev–Trinajstić information content (AvgIpc) is 3.30. The normalized spacial score (nSPS) is 11.5. The zero-order valence-corrected chi connectivity index (χ0v) is 12.9. The van der Waals surface area contributed by atoms with Crippen LogP contribution in [0, 0.1) is 0 Å². The molecule has 0 bridgehead atoms. The third-order valence-electron chi connectivity index (χ3n) is 4.09. The zero-order chi connectivity index (χ0) is 16.1. The summed E-state index contributed by atoms with van der Waals surface area (Å²) in [6, 6.07) is 8.04. The summed E-state index contributed by atoms with van der Waals surface area (Å²) in [6.07, 6.45) is 7.33. The van der Waals surface area contributed by atoms with Crippen LogP contribution in [0.1, 0.15) is 0 Å². The molecule has 5 heterocycles. The molecule has 0 spiro atoms. The molecule has 5 aromatic heterocycles. The first-order valence-electron chi connectivity index (χ1n) is 7.55. The van der Waals surface area contributed by atoms with Crippen LogP contribution in [-0.4, -0.2) is 34.9 Å². The maximum absolute atomic E-state index is 4.49. The topological polar surface area (TPSA) is 88.1 Å². The number of hydrogen-bond donors (Lipinski definition) is 2. The smallest absolute Gasteiger partial charge is 0.137 e. The van der Waals surface area contributed by atoms with E-state index in [1.165, 1.54) is 0 Å². The minimum Gasteiger partial charge on any atom is -0.338 e. The molecule has 0 atom stereocenters. The molecule has 0 aliphatic carbocycles. The number of nitrogens with zero attached hydrogens (tertiary/aromatic N) is 5. The number of pyridine rings is 2. The van der Waals surface area contributed by atoms with Gasteiger partial charge >= 0.3 is 0 Å². The molecule has 0 aliphatic rings. The molecule has 24 heavy (non-hydrogen) atoms. The summed E-state index contributed by atoms with van der Waals surface area (Å²) in [4.78, 5) is 12.2. The fourth-order valence-corrected chi connectivity index (χ4v) is 2.92. The third kappa shape index (κ3) is 1.91. The number of H-pyrrole nitrogens is 2. The number of fused-ring (bicyclic) bond motifs is 2. The van der Waals surface area contributed by atoms with Gasteiger partial charge in [0, 0.05) is 35.8 Å². The van der Waals surface area contributed by atoms with Crippen LogP contribution in [0.3, 0.4) is 0 Å². The second kappa shape index (κ2) is 4.76. The number of aromatic nitrogens is 7. The lowest BCUT2D eigenvalue weighted by Gasteiger charge is -1.98. The molecule has 0 unspecified atom stereocenters. The summed E-state index contributed by atoms with van der Waals surface area (Å²) in [7, 11) is 1.89. The van der Waals surface area contributed by atoms with Gasteiger partial charge in [0.25, 0.3) is 0 Å². The SMILES string of the molecule is Cn1cc(-c2cc3c(-c4cc5cccnc5[nH]4)n[nH]c3cn2)cn1. The molecule has 5 rings (SSSR count). The van der Waals surface area contributed by atoms with Gasteiger partial charge in [0.2, 0.25) is 0 Å². The van der Waals surface area contributed by atoms with Crippen molar-refractivity contribution in [1.29, 1.82) is 0 Å². The van der Waals surface area contributed by atoms with Gasteiger partial charge in [-0.2, -0.15) is 10.2 Å². The van der Waals surface area contributed by atoms with E-state index in [1.807, 2.05) is 31.4 Å². The van der Waals surface area contributed by atoms with Crippen LogP contribution in [0.4, 0.5) is 0 Å². The molecule has 0 saturated heterocycles. The molecule has 7 nitrogen and oxygen atoms in total. The van der Waals surface area contributed by atoms with E-state index in [1.54, 1.807) is 23.3 Å². The summed E-state index contributed by atoms with van der Waals surface area (Å²) in [5.74, 6) is 0.